The maximum atomic E-state index is 11.8. The van der Waals surface area contributed by atoms with Crippen LogP contribution in [0, 0.1) is 0 Å². The Kier molecular flexibility index (Phi) is 5.74. The summed E-state index contributed by atoms with van der Waals surface area (Å²) in [4.78, 5) is 25.8. The molecule has 0 radical (unpaired) electrons. The molecular formula is C15H22N4O3. The van der Waals surface area contributed by atoms with Crippen molar-refractivity contribution < 1.29 is 14.3 Å². The fourth-order valence-electron chi connectivity index (χ4n) is 2.23. The summed E-state index contributed by atoms with van der Waals surface area (Å²) in [6.07, 6.45) is -0.503. The van der Waals surface area contributed by atoms with E-state index < -0.39 is 6.09 Å². The number of piperazine rings is 1. The molecule has 0 aromatic heterocycles. The molecule has 0 spiro atoms. The van der Waals surface area contributed by atoms with Crippen molar-refractivity contribution in [1.29, 1.82) is 0 Å². The molecule has 1 aliphatic heterocycles. The second-order valence-electron chi connectivity index (χ2n) is 5.21. The summed E-state index contributed by atoms with van der Waals surface area (Å²) >= 11 is 0. The highest BCUT2D eigenvalue weighted by Crippen LogP contribution is 2.10. The quantitative estimate of drug-likeness (QED) is 0.844. The minimum atomic E-state index is -0.503. The Morgan fingerprint density at radius 2 is 1.86 bits per heavy atom. The maximum Gasteiger partial charge on any atom is 0.422 e. The Balaban J connectivity index is 1.85. The van der Waals surface area contributed by atoms with Crippen molar-refractivity contribution in [3.63, 3.8) is 0 Å². The van der Waals surface area contributed by atoms with Crippen molar-refractivity contribution >= 4 is 12.0 Å². The van der Waals surface area contributed by atoms with Gasteiger partial charge < -0.3 is 15.0 Å². The number of nitrogens with one attached hydrogen (secondary N) is 2. The van der Waals surface area contributed by atoms with Crippen LogP contribution in [0.5, 0.6) is 0 Å². The monoisotopic (exact) mass is 306 g/mol. The van der Waals surface area contributed by atoms with Gasteiger partial charge in [0.1, 0.15) is 6.61 Å². The first kappa shape index (κ1) is 16.3. The Hall–Kier alpha value is -2.12. The van der Waals surface area contributed by atoms with Gasteiger partial charge in [-0.3, -0.25) is 10.2 Å². The standard InChI is InChI=1S/C15H22N4O3/c1-16-14(20)13-6-4-3-5-12(13)11-22-15(21)17-19-9-7-18(2)8-10-19/h3-6H,7-11H2,1-2H3,(H,16,20)(H,17,21). The van der Waals surface area contributed by atoms with Crippen molar-refractivity contribution in [2.45, 2.75) is 6.61 Å². The Labute approximate surface area is 130 Å². The molecule has 1 saturated heterocycles. The van der Waals surface area contributed by atoms with Gasteiger partial charge >= 0.3 is 6.09 Å². The highest BCUT2D eigenvalue weighted by Gasteiger charge is 2.17. The van der Waals surface area contributed by atoms with Crippen LogP contribution in [0.4, 0.5) is 4.79 Å². The molecule has 0 unspecified atom stereocenters. The van der Waals surface area contributed by atoms with Crippen LogP contribution >= 0.6 is 0 Å². The van der Waals surface area contributed by atoms with Crippen molar-refractivity contribution in [3.05, 3.63) is 35.4 Å². The molecule has 7 heteroatoms. The lowest BCUT2D eigenvalue weighted by Gasteiger charge is -2.31. The van der Waals surface area contributed by atoms with Gasteiger partial charge in [0.05, 0.1) is 0 Å². The predicted octanol–water partition coefficient (Wildman–Crippen LogP) is 0.435. The third-order valence-electron chi connectivity index (χ3n) is 3.60. The second-order valence-corrected chi connectivity index (χ2v) is 5.21. The molecule has 0 saturated carbocycles. The molecule has 0 atom stereocenters. The molecule has 7 nitrogen and oxygen atoms in total. The van der Waals surface area contributed by atoms with Gasteiger partial charge in [0.25, 0.3) is 5.91 Å². The van der Waals surface area contributed by atoms with Gasteiger partial charge in [-0.05, 0) is 13.1 Å². The van der Waals surface area contributed by atoms with Gasteiger partial charge in [0.2, 0.25) is 0 Å². The third-order valence-corrected chi connectivity index (χ3v) is 3.60. The first-order chi connectivity index (χ1) is 10.6. The average molecular weight is 306 g/mol. The van der Waals surface area contributed by atoms with Crippen LogP contribution in [0.2, 0.25) is 0 Å². The number of carbonyl (C=O) groups is 2. The molecule has 22 heavy (non-hydrogen) atoms. The molecule has 1 heterocycles. The number of amides is 2. The normalized spacial score (nSPS) is 16.1. The van der Waals surface area contributed by atoms with Crippen LogP contribution in [0.15, 0.2) is 24.3 Å². The number of hydrazine groups is 1. The summed E-state index contributed by atoms with van der Waals surface area (Å²) in [7, 11) is 3.62. The van der Waals surface area contributed by atoms with E-state index in [9.17, 15) is 9.59 Å². The number of rotatable bonds is 4. The highest BCUT2D eigenvalue weighted by atomic mass is 16.6. The third kappa shape index (κ3) is 4.44. The van der Waals surface area contributed by atoms with E-state index in [1.165, 1.54) is 0 Å². The van der Waals surface area contributed by atoms with Gasteiger partial charge in [-0.15, -0.1) is 0 Å². The number of likely N-dealkylation sites (N-methyl/N-ethyl adjacent to an activating group) is 1. The smallest absolute Gasteiger partial charge is 0.422 e. The fourth-order valence-corrected chi connectivity index (χ4v) is 2.23. The predicted molar refractivity (Wildman–Crippen MR) is 82.2 cm³/mol. The van der Waals surface area contributed by atoms with Crippen LogP contribution in [0.1, 0.15) is 15.9 Å². The van der Waals surface area contributed by atoms with Gasteiger partial charge in [-0.2, -0.15) is 0 Å². The average Bonchev–Trinajstić information content (AvgIpc) is 2.54. The van der Waals surface area contributed by atoms with Gasteiger partial charge in [0, 0.05) is 44.4 Å². The number of ether oxygens (including phenoxy) is 1. The molecule has 1 aromatic carbocycles. The van der Waals surface area contributed by atoms with Crippen molar-refractivity contribution in [1.82, 2.24) is 20.7 Å². The molecule has 0 aliphatic carbocycles. The molecule has 1 aromatic rings. The van der Waals surface area contributed by atoms with Crippen LogP contribution in [0.25, 0.3) is 0 Å². The maximum absolute atomic E-state index is 11.8. The van der Waals surface area contributed by atoms with E-state index >= 15 is 0 Å². The van der Waals surface area contributed by atoms with Gasteiger partial charge in [-0.1, -0.05) is 18.2 Å². The summed E-state index contributed by atoms with van der Waals surface area (Å²) in [6.45, 7) is 3.39. The highest BCUT2D eigenvalue weighted by molar-refractivity contribution is 5.95. The van der Waals surface area contributed by atoms with E-state index in [1.54, 1.807) is 25.2 Å². The molecule has 1 fully saturated rings. The number of nitrogens with zero attached hydrogens (tertiary/aromatic N) is 2. The van der Waals surface area contributed by atoms with E-state index in [2.05, 4.69) is 15.6 Å². The van der Waals surface area contributed by atoms with E-state index in [-0.39, 0.29) is 12.5 Å². The molecular weight excluding hydrogens is 284 g/mol. The zero-order chi connectivity index (χ0) is 15.9. The van der Waals surface area contributed by atoms with Crippen LogP contribution in [0.3, 0.4) is 0 Å². The topological polar surface area (TPSA) is 73.9 Å². The van der Waals surface area contributed by atoms with E-state index in [1.807, 2.05) is 18.1 Å². The van der Waals surface area contributed by atoms with Crippen molar-refractivity contribution in [3.8, 4) is 0 Å². The lowest BCUT2D eigenvalue weighted by molar-refractivity contribution is 0.0729. The van der Waals surface area contributed by atoms with E-state index in [4.69, 9.17) is 4.74 Å². The summed E-state index contributed by atoms with van der Waals surface area (Å²) in [5, 5.41) is 4.41. The van der Waals surface area contributed by atoms with Crippen molar-refractivity contribution in [2.75, 3.05) is 40.3 Å². The summed E-state index contributed by atoms with van der Waals surface area (Å²) < 4.78 is 5.21. The molecule has 0 bridgehead atoms. The number of hydrogen-bond donors (Lipinski definition) is 2. The van der Waals surface area contributed by atoms with Gasteiger partial charge in [-0.25, -0.2) is 9.80 Å². The Bertz CT molecular complexity index is 527. The molecule has 2 amide bonds. The largest absolute Gasteiger partial charge is 0.444 e. The molecule has 120 valence electrons. The summed E-state index contributed by atoms with van der Waals surface area (Å²) in [5.74, 6) is -0.196. The second kappa shape index (κ2) is 7.77. The minimum absolute atomic E-state index is 0.0587. The zero-order valence-electron chi connectivity index (χ0n) is 13.0. The SMILES string of the molecule is CNC(=O)c1ccccc1COC(=O)NN1CCN(C)CC1. The molecule has 1 aliphatic rings. The Morgan fingerprint density at radius 3 is 2.55 bits per heavy atom. The lowest BCUT2D eigenvalue weighted by atomic mass is 10.1. The molecule has 2 rings (SSSR count). The Morgan fingerprint density at radius 1 is 1.18 bits per heavy atom. The summed E-state index contributed by atoms with van der Waals surface area (Å²) in [5.41, 5.74) is 3.91. The lowest BCUT2D eigenvalue weighted by Crippen LogP contribution is -2.52. The number of carbonyl (C=O) groups excluding carboxylic acids is 2. The van der Waals surface area contributed by atoms with Crippen molar-refractivity contribution in [2.24, 2.45) is 0 Å². The van der Waals surface area contributed by atoms with Gasteiger partial charge in [0.15, 0.2) is 0 Å². The minimum Gasteiger partial charge on any atom is -0.444 e. The first-order valence-electron chi connectivity index (χ1n) is 7.27. The number of hydrogen-bond acceptors (Lipinski definition) is 5. The fraction of sp³-hybridized carbons (Fsp3) is 0.467. The number of benzene rings is 1. The zero-order valence-corrected chi connectivity index (χ0v) is 13.0. The summed E-state index contributed by atoms with van der Waals surface area (Å²) in [6, 6.07) is 7.06. The van der Waals surface area contributed by atoms with Crippen LogP contribution in [-0.4, -0.2) is 62.2 Å². The van der Waals surface area contributed by atoms with E-state index in [0.717, 1.165) is 26.2 Å². The van der Waals surface area contributed by atoms with Crippen LogP contribution < -0.4 is 10.7 Å². The molecule has 2 N–H and O–H groups in total. The first-order valence-corrected chi connectivity index (χ1v) is 7.27. The van der Waals surface area contributed by atoms with Crippen LogP contribution in [-0.2, 0) is 11.3 Å². The van der Waals surface area contributed by atoms with E-state index in [0.29, 0.717) is 11.1 Å².